The molecule has 3 aliphatic rings. The second-order valence-electron chi connectivity index (χ2n) is 14.3. The summed E-state index contributed by atoms with van der Waals surface area (Å²) in [6, 6.07) is 7.51. The molecule has 1 amide bonds. The Morgan fingerprint density at radius 2 is 1.67 bits per heavy atom. The average Bonchev–Trinajstić information content (AvgIpc) is 3.98. The number of nitrogens with zero attached hydrogens (tertiary/aromatic N) is 8. The number of nitriles is 1. The van der Waals surface area contributed by atoms with E-state index in [1.54, 1.807) is 17.3 Å². The molecule has 3 aromatic heterocycles. The second kappa shape index (κ2) is 12.1. The molecule has 0 radical (unpaired) electrons. The highest BCUT2D eigenvalue weighted by molar-refractivity contribution is 5.92. The number of fused-ring (bicyclic) bond motifs is 1. The van der Waals surface area contributed by atoms with Crippen LogP contribution in [0.25, 0.3) is 28.0 Å². The number of hydrogen-bond acceptors (Lipinski definition) is 10. The minimum absolute atomic E-state index is 0.0669. The molecular weight excluding hydrogens is 627 g/mol. The molecule has 12 nitrogen and oxygen atoms in total. The van der Waals surface area contributed by atoms with Gasteiger partial charge >= 0.3 is 11.8 Å². The van der Waals surface area contributed by atoms with Crippen LogP contribution < -0.4 is 15.3 Å². The summed E-state index contributed by atoms with van der Waals surface area (Å²) in [6.07, 6.45) is 4.91. The topological polar surface area (TPSA) is 139 Å². The number of anilines is 1. The molecule has 0 bridgehead atoms. The predicted molar refractivity (Wildman–Crippen MR) is 181 cm³/mol. The van der Waals surface area contributed by atoms with E-state index in [0.29, 0.717) is 35.7 Å². The van der Waals surface area contributed by atoms with E-state index in [1.807, 2.05) is 39.5 Å². The second-order valence-corrected chi connectivity index (χ2v) is 14.3. The van der Waals surface area contributed by atoms with Gasteiger partial charge in [-0.1, -0.05) is 0 Å². The number of benzene rings is 1. The highest BCUT2D eigenvalue weighted by Gasteiger charge is 2.39. The largest absolute Gasteiger partial charge is 0.497 e. The first-order chi connectivity index (χ1) is 23.4. The molecule has 2 saturated carbocycles. The Labute approximate surface area is 283 Å². The zero-order chi connectivity index (χ0) is 34.8. The van der Waals surface area contributed by atoms with Gasteiger partial charge in [-0.15, -0.1) is 0 Å². The molecule has 4 heterocycles. The van der Waals surface area contributed by atoms with Crippen LogP contribution in [0.4, 0.5) is 15.0 Å². The number of carbonyl (C=O) groups is 1. The quantitative estimate of drug-likeness (QED) is 0.246. The number of halogens is 1. The molecule has 0 unspecified atom stereocenters. The summed E-state index contributed by atoms with van der Waals surface area (Å²) < 4.78 is 28.0. The number of aromatic nitrogens is 5. The Morgan fingerprint density at radius 1 is 1.00 bits per heavy atom. The summed E-state index contributed by atoms with van der Waals surface area (Å²) in [5.74, 6) is 0.483. The number of amides is 1. The number of piperazine rings is 1. The number of carbonyl (C=O) groups excluding carboxylic acids is 1. The molecule has 1 aromatic carbocycles. The number of pyridine rings is 1. The van der Waals surface area contributed by atoms with Gasteiger partial charge in [0.15, 0.2) is 5.65 Å². The van der Waals surface area contributed by atoms with Gasteiger partial charge in [0.2, 0.25) is 0 Å². The molecule has 0 N–H and O–H groups in total. The van der Waals surface area contributed by atoms with Crippen LogP contribution in [0.2, 0.25) is 0 Å². The molecule has 254 valence electrons. The van der Waals surface area contributed by atoms with Gasteiger partial charge in [0, 0.05) is 42.6 Å². The van der Waals surface area contributed by atoms with E-state index in [9.17, 15) is 14.9 Å². The fraction of sp³-hybridized carbons (Fsp3) is 0.472. The Morgan fingerprint density at radius 3 is 2.27 bits per heavy atom. The molecule has 2 aliphatic carbocycles. The summed E-state index contributed by atoms with van der Waals surface area (Å²) in [5, 5.41) is 10.9. The van der Waals surface area contributed by atoms with Crippen molar-refractivity contribution >= 4 is 22.9 Å². The fourth-order valence-corrected chi connectivity index (χ4v) is 6.60. The Bertz CT molecular complexity index is 2050. The van der Waals surface area contributed by atoms with Crippen LogP contribution in [0.5, 0.6) is 5.75 Å². The van der Waals surface area contributed by atoms with Gasteiger partial charge in [0.1, 0.15) is 35.4 Å². The summed E-state index contributed by atoms with van der Waals surface area (Å²) in [7, 11) is 1.48. The lowest BCUT2D eigenvalue weighted by Crippen LogP contribution is -2.59. The number of methoxy groups -OCH3 is 1. The lowest BCUT2D eigenvalue weighted by atomic mass is 10.0. The molecule has 3 fully saturated rings. The van der Waals surface area contributed by atoms with Crippen molar-refractivity contribution < 1.29 is 18.7 Å². The molecule has 1 saturated heterocycles. The van der Waals surface area contributed by atoms with E-state index in [1.165, 1.54) is 29.9 Å². The van der Waals surface area contributed by atoms with Crippen LogP contribution in [-0.2, 0) is 4.74 Å². The Kier molecular flexibility index (Phi) is 8.00. The maximum atomic E-state index is 15.5. The smallest absolute Gasteiger partial charge is 0.410 e. The third kappa shape index (κ3) is 6.04. The Balaban J connectivity index is 1.46. The van der Waals surface area contributed by atoms with Crippen molar-refractivity contribution in [2.24, 2.45) is 0 Å². The van der Waals surface area contributed by atoms with Crippen molar-refractivity contribution in [3.63, 3.8) is 0 Å². The summed E-state index contributed by atoms with van der Waals surface area (Å²) in [6.45, 7) is 10.0. The highest BCUT2D eigenvalue weighted by Crippen LogP contribution is 2.47. The van der Waals surface area contributed by atoms with E-state index < -0.39 is 23.2 Å². The maximum absolute atomic E-state index is 15.5. The number of ether oxygens (including phenoxy) is 2. The van der Waals surface area contributed by atoms with Crippen LogP contribution in [0.3, 0.4) is 0 Å². The van der Waals surface area contributed by atoms with Crippen LogP contribution in [0.1, 0.15) is 89.1 Å². The van der Waals surface area contributed by atoms with Crippen molar-refractivity contribution in [1.82, 2.24) is 29.4 Å². The normalized spacial score (nSPS) is 19.6. The van der Waals surface area contributed by atoms with Gasteiger partial charge in [0.25, 0.3) is 0 Å². The van der Waals surface area contributed by atoms with Crippen molar-refractivity contribution in [2.75, 3.05) is 25.1 Å². The maximum Gasteiger partial charge on any atom is 0.410 e. The molecule has 7 rings (SSSR count). The summed E-state index contributed by atoms with van der Waals surface area (Å²) >= 11 is 0. The van der Waals surface area contributed by atoms with Crippen LogP contribution in [-0.4, -0.2) is 73.4 Å². The van der Waals surface area contributed by atoms with E-state index in [4.69, 9.17) is 14.5 Å². The highest BCUT2D eigenvalue weighted by atomic mass is 19.1. The molecule has 4 aromatic rings. The first kappa shape index (κ1) is 32.4. The molecule has 49 heavy (non-hydrogen) atoms. The minimum atomic E-state index is -0.654. The van der Waals surface area contributed by atoms with Crippen molar-refractivity contribution in [3.8, 4) is 28.8 Å². The first-order valence-electron chi connectivity index (χ1n) is 16.7. The molecule has 13 heteroatoms. The SMILES string of the molecule is COc1ccc(F)c(-c2nc3c(cc2C#N)c(N2C[C@@H](C)N(C(=O)OC(C)(C)C)C[C@@H]2C)nc(=O)n3-c2c(C3CC3)ncnc2C2CC2)c1. The summed E-state index contributed by atoms with van der Waals surface area (Å²) in [4.78, 5) is 50.2. The zero-order valence-corrected chi connectivity index (χ0v) is 28.5. The van der Waals surface area contributed by atoms with Gasteiger partial charge in [-0.05, 0) is 84.6 Å². The van der Waals surface area contributed by atoms with E-state index in [2.05, 4.69) is 21.0 Å². The van der Waals surface area contributed by atoms with Gasteiger partial charge in [-0.25, -0.2) is 33.5 Å². The molecule has 2 atom stereocenters. The average molecular weight is 667 g/mol. The number of rotatable bonds is 6. The summed E-state index contributed by atoms with van der Waals surface area (Å²) in [5.41, 5.74) is 1.35. The van der Waals surface area contributed by atoms with Gasteiger partial charge < -0.3 is 19.3 Å². The van der Waals surface area contributed by atoms with E-state index >= 15 is 4.39 Å². The van der Waals surface area contributed by atoms with E-state index in [0.717, 1.165) is 37.1 Å². The van der Waals surface area contributed by atoms with Gasteiger partial charge in [-0.3, -0.25) is 0 Å². The van der Waals surface area contributed by atoms with Gasteiger partial charge in [0.05, 0.1) is 40.8 Å². The van der Waals surface area contributed by atoms with Crippen molar-refractivity contribution in [3.05, 3.63) is 63.8 Å². The molecule has 0 spiro atoms. The first-order valence-corrected chi connectivity index (χ1v) is 16.7. The van der Waals surface area contributed by atoms with Crippen LogP contribution in [0, 0.1) is 17.1 Å². The molecular formula is C36H39FN8O4. The monoisotopic (exact) mass is 666 g/mol. The minimum Gasteiger partial charge on any atom is -0.497 e. The molecule has 1 aliphatic heterocycles. The Hall–Kier alpha value is -5.12. The number of hydrogen-bond donors (Lipinski definition) is 0. The third-order valence-electron chi connectivity index (χ3n) is 9.31. The third-order valence-corrected chi connectivity index (χ3v) is 9.31. The van der Waals surface area contributed by atoms with Crippen LogP contribution in [0.15, 0.2) is 35.4 Å². The van der Waals surface area contributed by atoms with Gasteiger partial charge in [-0.2, -0.15) is 10.2 Å². The zero-order valence-electron chi connectivity index (χ0n) is 28.5. The fourth-order valence-electron chi connectivity index (χ4n) is 6.60. The predicted octanol–water partition coefficient (Wildman–Crippen LogP) is 5.85. The van der Waals surface area contributed by atoms with E-state index in [-0.39, 0.29) is 46.4 Å². The lowest BCUT2D eigenvalue weighted by molar-refractivity contribution is 0.0130. The van der Waals surface area contributed by atoms with Crippen molar-refractivity contribution in [1.29, 1.82) is 5.26 Å². The standard InChI is InChI=1S/C36H39FN8O4/c1-19-17-44(35(47)49-36(3,4)5)20(2)16-43(19)32-26-13-23(15-38)28(25-14-24(48-6)11-12-27(25)37)41-33(26)45(34(46)42-32)31-29(21-7-8-21)39-18-40-30(31)22-9-10-22/h11-14,18-22H,7-10,16-17H2,1-6H3/t19-,20+/m0/s1. The van der Waals surface area contributed by atoms with Crippen LogP contribution >= 0.6 is 0 Å². The lowest BCUT2D eigenvalue weighted by Gasteiger charge is -2.44. The van der Waals surface area contributed by atoms with Crippen molar-refractivity contribution in [2.45, 2.75) is 89.8 Å².